The van der Waals surface area contributed by atoms with Crippen LogP contribution in [0.15, 0.2) is 12.2 Å². The number of carbonyl (C=O) groups excluding carboxylic acids is 2. The molecule has 0 radical (unpaired) electrons. The second-order valence-electron chi connectivity index (χ2n) is 8.78. The van der Waals surface area contributed by atoms with Crippen LogP contribution in [-0.4, -0.2) is 40.1 Å². The first-order valence-electron chi connectivity index (χ1n) is 11.6. The zero-order chi connectivity index (χ0) is 22.5. The minimum atomic E-state index is -0.779. The number of unbranched alkanes of at least 4 members (excludes halogenated alkanes) is 5. The molecule has 0 spiro atoms. The summed E-state index contributed by atoms with van der Waals surface area (Å²) in [7, 11) is 0. The molecular weight excluding hydrogens is 384 g/mol. The van der Waals surface area contributed by atoms with E-state index in [9.17, 15) is 19.5 Å². The van der Waals surface area contributed by atoms with Gasteiger partial charge in [-0.25, -0.2) is 0 Å². The van der Waals surface area contributed by atoms with Crippen LogP contribution in [0.2, 0.25) is 0 Å². The molecule has 0 bridgehead atoms. The van der Waals surface area contributed by atoms with Gasteiger partial charge in [-0.05, 0) is 19.3 Å². The summed E-state index contributed by atoms with van der Waals surface area (Å²) in [5, 5.41) is 18.9. The number of hydrogen-bond donors (Lipinski definition) is 2. The first-order valence-corrected chi connectivity index (χ1v) is 11.6. The highest BCUT2D eigenvalue weighted by molar-refractivity contribution is 5.85. The zero-order valence-electron chi connectivity index (χ0n) is 18.8. The summed E-state index contributed by atoms with van der Waals surface area (Å²) in [6.45, 7) is 5.67. The summed E-state index contributed by atoms with van der Waals surface area (Å²) >= 11 is 0. The number of Topliss-reactive ketones (excluding diaryl/α,β-unsaturated/α-hetero) is 1. The van der Waals surface area contributed by atoms with Gasteiger partial charge in [-0.3, -0.25) is 14.4 Å². The van der Waals surface area contributed by atoms with Gasteiger partial charge in [-0.15, -0.1) is 0 Å². The molecule has 1 aliphatic carbocycles. The maximum atomic E-state index is 12.6. The fraction of sp³-hybridized carbons (Fsp3) is 0.792. The van der Waals surface area contributed by atoms with Gasteiger partial charge in [-0.1, -0.05) is 71.4 Å². The maximum absolute atomic E-state index is 12.6. The van der Waals surface area contributed by atoms with Crippen molar-refractivity contribution in [2.75, 3.05) is 0 Å². The van der Waals surface area contributed by atoms with Crippen LogP contribution in [0.3, 0.4) is 0 Å². The number of esters is 1. The smallest absolute Gasteiger partial charge is 0.308 e. The molecule has 0 aliphatic heterocycles. The van der Waals surface area contributed by atoms with E-state index in [1.807, 2.05) is 6.08 Å². The fourth-order valence-corrected chi connectivity index (χ4v) is 3.93. The normalized spacial score (nSPS) is 22.7. The van der Waals surface area contributed by atoms with Crippen LogP contribution in [0.5, 0.6) is 0 Å². The monoisotopic (exact) mass is 424 g/mol. The lowest BCUT2D eigenvalue weighted by molar-refractivity contribution is -0.154. The molecule has 30 heavy (non-hydrogen) atoms. The maximum Gasteiger partial charge on any atom is 0.308 e. The molecule has 172 valence electrons. The van der Waals surface area contributed by atoms with Gasteiger partial charge in [0.1, 0.15) is 11.9 Å². The number of aliphatic carboxylic acids is 1. The summed E-state index contributed by atoms with van der Waals surface area (Å²) in [4.78, 5) is 35.3. The second kappa shape index (κ2) is 14.3. The highest BCUT2D eigenvalue weighted by atomic mass is 16.5. The molecule has 6 nitrogen and oxygen atoms in total. The molecule has 0 aromatic carbocycles. The van der Waals surface area contributed by atoms with Crippen LogP contribution in [0, 0.1) is 17.8 Å². The average molecular weight is 425 g/mol. The Kier molecular flexibility index (Phi) is 12.6. The van der Waals surface area contributed by atoms with Gasteiger partial charge in [-0.2, -0.15) is 0 Å². The summed E-state index contributed by atoms with van der Waals surface area (Å²) in [6, 6.07) is 0. The number of carboxylic acid groups (broad SMARTS) is 1. The van der Waals surface area contributed by atoms with E-state index in [-0.39, 0.29) is 42.3 Å². The standard InChI is InChI=1S/C24H40O6/c1-4-5-8-11-18(25)14-15-20-19(12-9-6-7-10-13-23(27)28)21(26)16-22(20)30-24(29)17(2)3/h14-15,17-20,22,25H,4-13,16H2,1-3H3,(H,27,28)/b15-14+/t18-,19+,20+,22+/m0/s1. The summed E-state index contributed by atoms with van der Waals surface area (Å²) in [5.41, 5.74) is 0. The molecule has 1 rings (SSSR count). The summed E-state index contributed by atoms with van der Waals surface area (Å²) < 4.78 is 5.63. The first-order chi connectivity index (χ1) is 14.3. The third-order valence-corrected chi connectivity index (χ3v) is 5.76. The number of carboxylic acids is 1. The predicted molar refractivity (Wildman–Crippen MR) is 116 cm³/mol. The molecule has 6 heteroatoms. The van der Waals surface area contributed by atoms with Gasteiger partial charge in [0.05, 0.1) is 12.0 Å². The van der Waals surface area contributed by atoms with Crippen molar-refractivity contribution in [2.45, 2.75) is 104 Å². The van der Waals surface area contributed by atoms with Crippen LogP contribution in [0.4, 0.5) is 0 Å². The summed E-state index contributed by atoms with van der Waals surface area (Å²) in [5.74, 6) is -1.65. The molecule has 1 fully saturated rings. The number of carbonyl (C=O) groups is 3. The highest BCUT2D eigenvalue weighted by Gasteiger charge is 2.42. The van der Waals surface area contributed by atoms with Crippen LogP contribution >= 0.6 is 0 Å². The van der Waals surface area contributed by atoms with Crippen molar-refractivity contribution in [2.24, 2.45) is 17.8 Å². The van der Waals surface area contributed by atoms with Crippen molar-refractivity contribution < 1.29 is 29.3 Å². The lowest BCUT2D eigenvalue weighted by Crippen LogP contribution is -2.26. The molecule has 0 aromatic rings. The fourth-order valence-electron chi connectivity index (χ4n) is 3.93. The Labute approximate surface area is 181 Å². The lowest BCUT2D eigenvalue weighted by atomic mass is 9.88. The van der Waals surface area contributed by atoms with Gasteiger partial charge >= 0.3 is 11.9 Å². The van der Waals surface area contributed by atoms with E-state index >= 15 is 0 Å². The molecule has 0 unspecified atom stereocenters. The van der Waals surface area contributed by atoms with Gasteiger partial charge in [0.15, 0.2) is 0 Å². The molecule has 1 saturated carbocycles. The van der Waals surface area contributed by atoms with Crippen LogP contribution in [0.25, 0.3) is 0 Å². The van der Waals surface area contributed by atoms with E-state index < -0.39 is 18.2 Å². The highest BCUT2D eigenvalue weighted by Crippen LogP contribution is 2.36. The van der Waals surface area contributed by atoms with Crippen LogP contribution in [-0.2, 0) is 19.1 Å². The molecule has 0 amide bonds. The van der Waals surface area contributed by atoms with Crippen LogP contribution < -0.4 is 0 Å². The van der Waals surface area contributed by atoms with Crippen molar-refractivity contribution in [3.8, 4) is 0 Å². The Morgan fingerprint density at radius 1 is 1.13 bits per heavy atom. The first kappa shape index (κ1) is 26.3. The van der Waals surface area contributed by atoms with Crippen molar-refractivity contribution >= 4 is 17.7 Å². The molecule has 0 saturated heterocycles. The second-order valence-corrected chi connectivity index (χ2v) is 8.78. The third-order valence-electron chi connectivity index (χ3n) is 5.76. The Morgan fingerprint density at radius 3 is 2.47 bits per heavy atom. The van der Waals surface area contributed by atoms with E-state index in [1.54, 1.807) is 19.9 Å². The van der Waals surface area contributed by atoms with Gasteiger partial charge < -0.3 is 14.9 Å². The van der Waals surface area contributed by atoms with Crippen molar-refractivity contribution in [1.82, 2.24) is 0 Å². The van der Waals surface area contributed by atoms with Crippen molar-refractivity contribution in [3.05, 3.63) is 12.2 Å². The average Bonchev–Trinajstić information content (AvgIpc) is 2.97. The van der Waals surface area contributed by atoms with Crippen molar-refractivity contribution in [3.63, 3.8) is 0 Å². The predicted octanol–water partition coefficient (Wildman–Crippen LogP) is 4.68. The topological polar surface area (TPSA) is 101 Å². The Bertz CT molecular complexity index is 568. The van der Waals surface area contributed by atoms with E-state index in [0.29, 0.717) is 19.3 Å². The van der Waals surface area contributed by atoms with E-state index in [4.69, 9.17) is 9.84 Å². The van der Waals surface area contributed by atoms with E-state index in [2.05, 4.69) is 6.92 Å². The van der Waals surface area contributed by atoms with Gasteiger partial charge in [0.25, 0.3) is 0 Å². The molecule has 1 aliphatic rings. The number of aliphatic hydroxyl groups is 1. The number of aliphatic hydroxyl groups excluding tert-OH is 1. The molecular formula is C24H40O6. The molecule has 0 heterocycles. The van der Waals surface area contributed by atoms with Crippen molar-refractivity contribution in [1.29, 1.82) is 0 Å². The Balaban J connectivity index is 2.70. The number of hydrogen-bond acceptors (Lipinski definition) is 5. The summed E-state index contributed by atoms with van der Waals surface area (Å²) in [6.07, 6.45) is 10.7. The zero-order valence-corrected chi connectivity index (χ0v) is 18.8. The minimum absolute atomic E-state index is 0.109. The molecule has 4 atom stereocenters. The number of ether oxygens (including phenoxy) is 1. The molecule has 2 N–H and O–H groups in total. The number of ketones is 1. The van der Waals surface area contributed by atoms with Crippen LogP contribution in [0.1, 0.15) is 91.4 Å². The Hall–Kier alpha value is -1.69. The van der Waals surface area contributed by atoms with E-state index in [0.717, 1.165) is 38.5 Å². The van der Waals surface area contributed by atoms with Gasteiger partial charge in [0.2, 0.25) is 0 Å². The Morgan fingerprint density at radius 2 is 1.83 bits per heavy atom. The quantitative estimate of drug-likeness (QED) is 0.225. The minimum Gasteiger partial charge on any atom is -0.481 e. The number of rotatable bonds is 15. The SMILES string of the molecule is CCCCC[C@H](O)/C=C/[C@H]1[C@H](OC(=O)C(C)C)CC(=O)[C@@H]1CCCCCCC(=O)O. The largest absolute Gasteiger partial charge is 0.481 e. The van der Waals surface area contributed by atoms with Gasteiger partial charge in [0, 0.05) is 24.7 Å². The third kappa shape index (κ3) is 9.88. The molecule has 0 aromatic heterocycles. The lowest BCUT2D eigenvalue weighted by Gasteiger charge is -2.22. The van der Waals surface area contributed by atoms with E-state index in [1.165, 1.54) is 0 Å².